The smallest absolute Gasteiger partial charge is 0.264 e. The molecule has 0 aliphatic heterocycles. The minimum Gasteiger partial charge on any atom is -0.268 e. The lowest BCUT2D eigenvalue weighted by atomic mass is 10.0. The highest BCUT2D eigenvalue weighted by molar-refractivity contribution is 7.99. The monoisotopic (exact) mass is 774 g/mol. The zero-order chi connectivity index (χ0) is 35.2. The van der Waals surface area contributed by atoms with Gasteiger partial charge in [-0.15, -0.1) is 34.0 Å². The molecule has 6 nitrogen and oxygen atoms in total. The Morgan fingerprint density at radius 2 is 1.12 bits per heavy atom. The molecule has 0 saturated carbocycles. The molecule has 0 aliphatic rings. The van der Waals surface area contributed by atoms with E-state index in [-0.39, 0.29) is 11.1 Å². The topological polar surface area (TPSA) is 68.7 Å². The molecule has 2 atom stereocenters. The first-order valence-electron chi connectivity index (χ1n) is 18.8. The van der Waals surface area contributed by atoms with Crippen LogP contribution < -0.4 is 11.1 Å². The van der Waals surface area contributed by atoms with Crippen LogP contribution in [-0.4, -0.2) is 41.8 Å². The fourth-order valence-corrected chi connectivity index (χ4v) is 13.7. The summed E-state index contributed by atoms with van der Waals surface area (Å²) in [6.45, 7) is 9.17. The van der Waals surface area contributed by atoms with Crippen molar-refractivity contribution >= 4 is 120 Å². The summed E-state index contributed by atoms with van der Waals surface area (Å²) in [4.78, 5) is 42.9. The third-order valence-electron chi connectivity index (χ3n) is 10.7. The van der Waals surface area contributed by atoms with E-state index >= 15 is 0 Å². The standard InChI is InChI=1S/C40H46N4O2S5/c1-5-9-11-23(7-3)21-47-17-15-25-19-29-37(49-25)41-35-33-31-27(39(45)43(29)35)13-14-28-32(31)34(51-33)36-42-38-30(44(36)40(28)46)20-26(50-38)16-18-48-22-24(8-4)12-10-6-2/h13-14,19-20,23-24H,5-12,15-18,21-22H2,1-4H3. The Labute approximate surface area is 318 Å². The van der Waals surface area contributed by atoms with Crippen molar-refractivity contribution in [3.05, 3.63) is 54.7 Å². The summed E-state index contributed by atoms with van der Waals surface area (Å²) < 4.78 is 5.56. The van der Waals surface area contributed by atoms with Gasteiger partial charge in [-0.05, 0) is 84.8 Å². The van der Waals surface area contributed by atoms with Gasteiger partial charge in [0.1, 0.15) is 9.66 Å². The predicted octanol–water partition coefficient (Wildman–Crippen LogP) is 11.5. The van der Waals surface area contributed by atoms with Gasteiger partial charge in [0.05, 0.1) is 20.4 Å². The molecule has 268 valence electrons. The fourth-order valence-electron chi connectivity index (χ4n) is 7.64. The number of hydrogen-bond donors (Lipinski definition) is 0. The largest absolute Gasteiger partial charge is 0.268 e. The fraction of sp³-hybridized carbons (Fsp3) is 0.500. The lowest BCUT2D eigenvalue weighted by Gasteiger charge is -2.13. The van der Waals surface area contributed by atoms with E-state index in [2.05, 4.69) is 63.4 Å². The molecule has 51 heavy (non-hydrogen) atoms. The third-order valence-corrected chi connectivity index (χ3v) is 16.5. The summed E-state index contributed by atoms with van der Waals surface area (Å²) in [7, 11) is 0. The molecule has 8 aromatic rings. The average molecular weight is 775 g/mol. The number of nitrogens with zero attached hydrogens (tertiary/aromatic N) is 4. The van der Waals surface area contributed by atoms with Crippen LogP contribution in [0.5, 0.6) is 0 Å². The van der Waals surface area contributed by atoms with Crippen molar-refractivity contribution in [2.75, 3.05) is 23.0 Å². The normalized spacial score (nSPS) is 14.0. The summed E-state index contributed by atoms with van der Waals surface area (Å²) in [5.74, 6) is 6.23. The number of pyridine rings is 2. The summed E-state index contributed by atoms with van der Waals surface area (Å²) in [5.41, 5.74) is 3.08. The minimum absolute atomic E-state index is 0.0585. The van der Waals surface area contributed by atoms with Gasteiger partial charge >= 0.3 is 0 Å². The number of aryl methyl sites for hydroxylation is 2. The first-order chi connectivity index (χ1) is 24.9. The van der Waals surface area contributed by atoms with E-state index in [1.54, 1.807) is 34.0 Å². The second kappa shape index (κ2) is 15.1. The molecule has 0 saturated heterocycles. The number of hydrogen-bond acceptors (Lipinski definition) is 9. The Morgan fingerprint density at radius 3 is 1.53 bits per heavy atom. The first-order valence-corrected chi connectivity index (χ1v) is 23.6. The van der Waals surface area contributed by atoms with E-state index < -0.39 is 0 Å². The van der Waals surface area contributed by atoms with Gasteiger partial charge in [-0.1, -0.05) is 66.2 Å². The van der Waals surface area contributed by atoms with Crippen molar-refractivity contribution in [3.8, 4) is 0 Å². The Bertz CT molecular complexity index is 2400. The minimum atomic E-state index is -0.0585. The molecule has 0 N–H and O–H groups in total. The Hall–Kier alpha value is -2.44. The molecule has 1 aromatic carbocycles. The van der Waals surface area contributed by atoms with Gasteiger partial charge in [-0.25, -0.2) is 9.97 Å². The maximum Gasteiger partial charge on any atom is 0.264 e. The number of aromatic nitrogens is 4. The van der Waals surface area contributed by atoms with Crippen LogP contribution >= 0.6 is 57.5 Å². The number of unbranched alkanes of at least 4 members (excludes halogenated alkanes) is 2. The van der Waals surface area contributed by atoms with Crippen molar-refractivity contribution in [2.45, 2.75) is 91.9 Å². The van der Waals surface area contributed by atoms with E-state index in [1.165, 1.54) is 72.6 Å². The Kier molecular flexibility index (Phi) is 10.6. The van der Waals surface area contributed by atoms with Gasteiger partial charge in [0, 0.05) is 31.3 Å². The highest BCUT2D eigenvalue weighted by atomic mass is 32.2. The number of rotatable bonds is 18. The molecule has 7 aromatic heterocycles. The quantitative estimate of drug-likeness (QED) is 0.0639. The van der Waals surface area contributed by atoms with Crippen LogP contribution in [0.15, 0.2) is 33.9 Å². The average Bonchev–Trinajstić information content (AvgIpc) is 3.95. The predicted molar refractivity (Wildman–Crippen MR) is 229 cm³/mol. The third kappa shape index (κ3) is 6.36. The maximum atomic E-state index is 14.2. The molecule has 0 fully saturated rings. The van der Waals surface area contributed by atoms with Crippen LogP contribution in [-0.2, 0) is 12.8 Å². The number of fused-ring (bicyclic) bond motifs is 8. The van der Waals surface area contributed by atoms with Crippen LogP contribution in [0, 0.1) is 11.8 Å². The van der Waals surface area contributed by atoms with Crippen LogP contribution in [0.1, 0.15) is 88.8 Å². The number of thiophene rings is 3. The lowest BCUT2D eigenvalue weighted by molar-refractivity contribution is 0.499. The second-order valence-corrected chi connectivity index (χ2v) is 19.7. The molecule has 0 aliphatic carbocycles. The van der Waals surface area contributed by atoms with Gasteiger partial charge in [-0.3, -0.25) is 18.4 Å². The molecule has 11 heteroatoms. The number of thioether (sulfide) groups is 2. The first kappa shape index (κ1) is 35.6. The van der Waals surface area contributed by atoms with E-state index in [9.17, 15) is 9.59 Å². The molecule has 7 heterocycles. The summed E-state index contributed by atoms with van der Waals surface area (Å²) in [6, 6.07) is 8.08. The molecule has 2 unspecified atom stereocenters. The van der Waals surface area contributed by atoms with Crippen molar-refractivity contribution in [3.63, 3.8) is 0 Å². The van der Waals surface area contributed by atoms with Gasteiger partial charge in [0.25, 0.3) is 11.1 Å². The van der Waals surface area contributed by atoms with E-state index in [4.69, 9.17) is 9.97 Å². The molecule has 0 amide bonds. The molecular weight excluding hydrogens is 729 g/mol. The maximum absolute atomic E-state index is 14.2. The van der Waals surface area contributed by atoms with Crippen molar-refractivity contribution in [1.29, 1.82) is 0 Å². The summed E-state index contributed by atoms with van der Waals surface area (Å²) in [5, 5.41) is 3.02. The zero-order valence-corrected chi connectivity index (χ0v) is 34.1. The molecular formula is C40H46N4O2S5. The van der Waals surface area contributed by atoms with E-state index in [0.717, 1.165) is 77.0 Å². The van der Waals surface area contributed by atoms with Crippen molar-refractivity contribution < 1.29 is 0 Å². The van der Waals surface area contributed by atoms with E-state index in [1.807, 2.05) is 20.9 Å². The second-order valence-electron chi connectivity index (χ2n) is 14.1. The highest BCUT2D eigenvalue weighted by Gasteiger charge is 2.26. The molecule has 0 spiro atoms. The lowest BCUT2D eigenvalue weighted by Crippen LogP contribution is -2.15. The van der Waals surface area contributed by atoms with E-state index in [0.29, 0.717) is 22.1 Å². The Balaban J connectivity index is 1.10. The molecule has 0 bridgehead atoms. The van der Waals surface area contributed by atoms with Crippen LogP contribution in [0.2, 0.25) is 0 Å². The summed E-state index contributed by atoms with van der Waals surface area (Å²) >= 11 is 9.16. The van der Waals surface area contributed by atoms with Gasteiger partial charge < -0.3 is 0 Å². The number of benzene rings is 1. The van der Waals surface area contributed by atoms with Gasteiger partial charge in [-0.2, -0.15) is 23.5 Å². The number of imidazole rings is 2. The van der Waals surface area contributed by atoms with Gasteiger partial charge in [0.2, 0.25) is 0 Å². The molecule has 0 radical (unpaired) electrons. The van der Waals surface area contributed by atoms with Gasteiger partial charge in [0.15, 0.2) is 11.3 Å². The van der Waals surface area contributed by atoms with Crippen molar-refractivity contribution in [2.24, 2.45) is 11.8 Å². The van der Waals surface area contributed by atoms with Crippen LogP contribution in [0.4, 0.5) is 0 Å². The van der Waals surface area contributed by atoms with Crippen molar-refractivity contribution in [1.82, 2.24) is 18.8 Å². The Morgan fingerprint density at radius 1 is 0.667 bits per heavy atom. The zero-order valence-electron chi connectivity index (χ0n) is 30.0. The summed E-state index contributed by atoms with van der Waals surface area (Å²) in [6.07, 6.45) is 12.3. The highest BCUT2D eigenvalue weighted by Crippen LogP contribution is 2.44. The molecule has 8 rings (SSSR count). The SMILES string of the molecule is CCCCC(CC)CSCCc1cc2c(nc3c4sc5c6c(ccc(c(=O)n23)c46)c(=O)n2c3cc(CCSCC(CC)CCCC)sc3nc52)s1. The van der Waals surface area contributed by atoms with Crippen LogP contribution in [0.3, 0.4) is 0 Å². The van der Waals surface area contributed by atoms with Crippen LogP contribution in [0.25, 0.3) is 62.9 Å².